The lowest BCUT2D eigenvalue weighted by molar-refractivity contribution is 0.660. The number of anilines is 5. The molecule has 0 aliphatic heterocycles. The molecule has 0 unspecified atom stereocenters. The van der Waals surface area contributed by atoms with Crippen molar-refractivity contribution in [3.63, 3.8) is 0 Å². The van der Waals surface area contributed by atoms with Gasteiger partial charge in [-0.25, -0.2) is 0 Å². The number of rotatable bonds is 8. The van der Waals surface area contributed by atoms with Crippen LogP contribution < -0.4 is 9.80 Å². The lowest BCUT2D eigenvalue weighted by Gasteiger charge is -2.32. The number of hydrogen-bond acceptors (Lipinski definition) is 2. The van der Waals surface area contributed by atoms with Gasteiger partial charge in [-0.15, -0.1) is 0 Å². The Morgan fingerprint density at radius 2 is 0.852 bits per heavy atom. The quantitative estimate of drug-likeness (QED) is 0.151. The maximum atomic E-state index is 2.52. The second-order valence-corrected chi connectivity index (χ2v) is 16.9. The zero-order chi connectivity index (χ0) is 40.9. The van der Waals surface area contributed by atoms with Gasteiger partial charge in [-0.3, -0.25) is 0 Å². The first-order valence-corrected chi connectivity index (χ1v) is 21.5. The number of fused-ring (bicyclic) bond motifs is 5. The first-order chi connectivity index (χ1) is 30.0. The average Bonchev–Trinajstić information content (AvgIpc) is 3.55. The molecule has 2 aliphatic rings. The average molecular weight is 783 g/mol. The van der Waals surface area contributed by atoms with Crippen LogP contribution in [0.5, 0.6) is 0 Å². The molecule has 0 fully saturated rings. The van der Waals surface area contributed by atoms with Crippen LogP contribution in [0.15, 0.2) is 224 Å². The normalized spacial score (nSPS) is 13.9. The fourth-order valence-electron chi connectivity index (χ4n) is 9.82. The molecule has 0 saturated heterocycles. The summed E-state index contributed by atoms with van der Waals surface area (Å²) in [6, 6.07) is 75.6. The molecule has 0 amide bonds. The Labute approximate surface area is 359 Å². The second-order valence-electron chi connectivity index (χ2n) is 16.9. The Morgan fingerprint density at radius 1 is 0.377 bits per heavy atom. The standard InChI is InChI=1S/C59H46N2/c1-59(2)55-39-49(60(57-25-13-21-45-19-9-11-23-51(45)57)47-31-27-43(28-32-47)41-15-5-3-6-16-41)35-37-53(55)54-38-36-50(40-56(54)59)61(58-26-14-22-46-20-10-12-24-52(46)58)48-33-29-44(30-34-48)42-17-7-4-8-18-42/h3-29,31-33,35-40H,30,34H2,1-2H3. The molecule has 0 bridgehead atoms. The number of nitrogens with zero attached hydrogens (tertiary/aromatic N) is 2. The van der Waals surface area contributed by atoms with Crippen LogP contribution in [0, 0.1) is 0 Å². The van der Waals surface area contributed by atoms with Gasteiger partial charge in [-0.2, -0.15) is 0 Å². The van der Waals surface area contributed by atoms with Gasteiger partial charge in [0.1, 0.15) is 0 Å². The Morgan fingerprint density at radius 3 is 1.43 bits per heavy atom. The van der Waals surface area contributed by atoms with Gasteiger partial charge >= 0.3 is 0 Å². The number of benzene rings is 9. The van der Waals surface area contributed by atoms with Crippen LogP contribution in [0.4, 0.5) is 28.4 Å². The predicted octanol–water partition coefficient (Wildman–Crippen LogP) is 16.3. The highest BCUT2D eigenvalue weighted by atomic mass is 15.2. The van der Waals surface area contributed by atoms with Crippen molar-refractivity contribution in [3.05, 3.63) is 241 Å². The number of hydrogen-bond donors (Lipinski definition) is 0. The molecule has 0 N–H and O–H groups in total. The van der Waals surface area contributed by atoms with Crippen LogP contribution in [0.25, 0.3) is 49.4 Å². The van der Waals surface area contributed by atoms with E-state index in [1.807, 2.05) is 0 Å². The summed E-state index contributed by atoms with van der Waals surface area (Å²) in [5.41, 5.74) is 17.3. The summed E-state index contributed by atoms with van der Waals surface area (Å²) in [5, 5.41) is 4.94. The van der Waals surface area contributed by atoms with E-state index < -0.39 is 0 Å². The van der Waals surface area contributed by atoms with Crippen molar-refractivity contribution < 1.29 is 0 Å². The summed E-state index contributed by atoms with van der Waals surface area (Å²) in [4.78, 5) is 4.96. The molecular formula is C59H46N2. The summed E-state index contributed by atoms with van der Waals surface area (Å²) in [5.74, 6) is 0. The Kier molecular flexibility index (Phi) is 9.01. The van der Waals surface area contributed by atoms with Gasteiger partial charge in [0, 0.05) is 38.9 Å². The minimum absolute atomic E-state index is 0.246. The molecule has 0 radical (unpaired) electrons. The van der Waals surface area contributed by atoms with E-state index in [9.17, 15) is 0 Å². The van der Waals surface area contributed by atoms with Crippen molar-refractivity contribution in [2.45, 2.75) is 32.1 Å². The van der Waals surface area contributed by atoms with Gasteiger partial charge in [-0.1, -0.05) is 178 Å². The molecule has 0 saturated carbocycles. The van der Waals surface area contributed by atoms with Gasteiger partial charge in [0.15, 0.2) is 0 Å². The van der Waals surface area contributed by atoms with Crippen molar-refractivity contribution in [2.75, 3.05) is 9.80 Å². The third kappa shape index (κ3) is 6.44. The molecule has 9 aromatic carbocycles. The molecule has 9 aromatic rings. The summed E-state index contributed by atoms with van der Waals surface area (Å²) in [6.07, 6.45) is 6.62. The Bertz CT molecular complexity index is 3140. The van der Waals surface area contributed by atoms with E-state index in [1.54, 1.807) is 0 Å². The third-order valence-corrected chi connectivity index (χ3v) is 13.0. The second kappa shape index (κ2) is 15.0. The van der Waals surface area contributed by atoms with Crippen molar-refractivity contribution in [1.29, 1.82) is 0 Å². The van der Waals surface area contributed by atoms with E-state index in [4.69, 9.17) is 0 Å². The smallest absolute Gasteiger partial charge is 0.0540 e. The molecule has 2 nitrogen and oxygen atoms in total. The molecule has 0 atom stereocenters. The SMILES string of the molecule is CC1(C)c2cc(N(C3=CC=C(c4ccccc4)CC3)c3cccc4ccccc34)ccc2-c2ccc(N(c3ccc(-c4ccccc4)cc3)c3cccc4ccccc34)cc21. The van der Waals surface area contributed by atoms with E-state index in [2.05, 4.69) is 242 Å². The molecule has 11 rings (SSSR count). The number of allylic oxidation sites excluding steroid dienone is 4. The van der Waals surface area contributed by atoms with Crippen LogP contribution in [-0.4, -0.2) is 0 Å². The molecule has 2 heteroatoms. The topological polar surface area (TPSA) is 6.48 Å². The van der Waals surface area contributed by atoms with Crippen LogP contribution >= 0.6 is 0 Å². The highest BCUT2D eigenvalue weighted by molar-refractivity contribution is 6.00. The fourth-order valence-corrected chi connectivity index (χ4v) is 9.82. The van der Waals surface area contributed by atoms with Gasteiger partial charge in [-0.05, 0) is 123 Å². The monoisotopic (exact) mass is 782 g/mol. The highest BCUT2D eigenvalue weighted by Gasteiger charge is 2.37. The Balaban J connectivity index is 1.02. The molecule has 2 aliphatic carbocycles. The predicted molar refractivity (Wildman–Crippen MR) is 259 cm³/mol. The minimum Gasteiger partial charge on any atom is -0.314 e. The third-order valence-electron chi connectivity index (χ3n) is 13.0. The van der Waals surface area contributed by atoms with Crippen molar-refractivity contribution >= 4 is 55.6 Å². The summed E-state index contributed by atoms with van der Waals surface area (Å²) in [7, 11) is 0. The molecule has 61 heavy (non-hydrogen) atoms. The van der Waals surface area contributed by atoms with Crippen molar-refractivity contribution in [2.24, 2.45) is 0 Å². The van der Waals surface area contributed by atoms with E-state index >= 15 is 0 Å². The van der Waals surface area contributed by atoms with Crippen molar-refractivity contribution in [1.82, 2.24) is 0 Å². The Hall–Kier alpha value is -7.42. The largest absolute Gasteiger partial charge is 0.314 e. The van der Waals surface area contributed by atoms with Crippen LogP contribution in [-0.2, 0) is 5.41 Å². The molecule has 292 valence electrons. The molecule has 0 spiro atoms. The summed E-state index contributed by atoms with van der Waals surface area (Å²) < 4.78 is 0. The maximum absolute atomic E-state index is 2.52. The van der Waals surface area contributed by atoms with Crippen molar-refractivity contribution in [3.8, 4) is 22.3 Å². The van der Waals surface area contributed by atoms with Gasteiger partial charge in [0.25, 0.3) is 0 Å². The maximum Gasteiger partial charge on any atom is 0.0540 e. The highest BCUT2D eigenvalue weighted by Crippen LogP contribution is 2.53. The van der Waals surface area contributed by atoms with Crippen LogP contribution in [0.1, 0.15) is 43.4 Å². The van der Waals surface area contributed by atoms with E-state index in [0.29, 0.717) is 0 Å². The van der Waals surface area contributed by atoms with E-state index in [1.165, 1.54) is 83.1 Å². The lowest BCUT2D eigenvalue weighted by Crippen LogP contribution is -2.20. The van der Waals surface area contributed by atoms with Gasteiger partial charge in [0.2, 0.25) is 0 Å². The zero-order valence-electron chi connectivity index (χ0n) is 34.6. The van der Waals surface area contributed by atoms with Gasteiger partial charge in [0.05, 0.1) is 11.4 Å². The van der Waals surface area contributed by atoms with E-state index in [0.717, 1.165) is 29.9 Å². The lowest BCUT2D eigenvalue weighted by atomic mass is 9.82. The van der Waals surface area contributed by atoms with Gasteiger partial charge < -0.3 is 9.80 Å². The zero-order valence-corrected chi connectivity index (χ0v) is 34.6. The summed E-state index contributed by atoms with van der Waals surface area (Å²) in [6.45, 7) is 4.80. The summed E-state index contributed by atoms with van der Waals surface area (Å²) >= 11 is 0. The molecular weight excluding hydrogens is 737 g/mol. The first-order valence-electron chi connectivity index (χ1n) is 21.5. The van der Waals surface area contributed by atoms with Crippen LogP contribution in [0.3, 0.4) is 0 Å². The first kappa shape index (κ1) is 36.6. The minimum atomic E-state index is -0.246. The fraction of sp³-hybridized carbons (Fsp3) is 0.0847. The molecule has 0 aromatic heterocycles. The molecule has 0 heterocycles. The van der Waals surface area contributed by atoms with E-state index in [-0.39, 0.29) is 5.41 Å². The van der Waals surface area contributed by atoms with Crippen LogP contribution in [0.2, 0.25) is 0 Å².